The zero-order valence-corrected chi connectivity index (χ0v) is 10.2. The van der Waals surface area contributed by atoms with Gasteiger partial charge in [0, 0.05) is 23.8 Å². The Kier molecular flexibility index (Phi) is 2.79. The SMILES string of the molecule is NCc1cc2c(n(C3CCCC3)c1=O)CCC2. The van der Waals surface area contributed by atoms with E-state index >= 15 is 0 Å². The number of fused-ring (bicyclic) bond motifs is 1. The van der Waals surface area contributed by atoms with Crippen LogP contribution in [0.3, 0.4) is 0 Å². The monoisotopic (exact) mass is 232 g/mol. The van der Waals surface area contributed by atoms with Crippen molar-refractivity contribution in [3.63, 3.8) is 0 Å². The number of pyridine rings is 1. The summed E-state index contributed by atoms with van der Waals surface area (Å²) in [6.07, 6.45) is 8.25. The van der Waals surface area contributed by atoms with Crippen LogP contribution in [0.15, 0.2) is 10.9 Å². The fourth-order valence-corrected chi connectivity index (χ4v) is 3.43. The van der Waals surface area contributed by atoms with E-state index in [1.807, 2.05) is 0 Å². The molecule has 0 saturated heterocycles. The number of nitrogens with two attached hydrogens (primary N) is 1. The number of nitrogens with zero attached hydrogens (tertiary/aromatic N) is 1. The number of aryl methyl sites for hydroxylation is 1. The van der Waals surface area contributed by atoms with Gasteiger partial charge >= 0.3 is 0 Å². The van der Waals surface area contributed by atoms with Crippen LogP contribution < -0.4 is 11.3 Å². The lowest BCUT2D eigenvalue weighted by atomic mass is 10.1. The van der Waals surface area contributed by atoms with Crippen LogP contribution in [-0.2, 0) is 19.4 Å². The van der Waals surface area contributed by atoms with E-state index in [-0.39, 0.29) is 5.56 Å². The minimum absolute atomic E-state index is 0.181. The van der Waals surface area contributed by atoms with Gasteiger partial charge in [0.05, 0.1) is 0 Å². The average molecular weight is 232 g/mol. The predicted octanol–water partition coefficient (Wildman–Crippen LogP) is 1.91. The van der Waals surface area contributed by atoms with Crippen molar-refractivity contribution in [2.75, 3.05) is 0 Å². The highest BCUT2D eigenvalue weighted by molar-refractivity contribution is 5.31. The second kappa shape index (κ2) is 4.30. The van der Waals surface area contributed by atoms with Crippen molar-refractivity contribution in [3.8, 4) is 0 Å². The predicted molar refractivity (Wildman–Crippen MR) is 68.1 cm³/mol. The van der Waals surface area contributed by atoms with Crippen LogP contribution in [0.2, 0.25) is 0 Å². The fraction of sp³-hybridized carbons (Fsp3) is 0.643. The largest absolute Gasteiger partial charge is 0.326 e. The Labute approximate surface area is 102 Å². The summed E-state index contributed by atoms with van der Waals surface area (Å²) >= 11 is 0. The molecule has 3 heteroatoms. The normalized spacial score (nSPS) is 19.8. The molecule has 0 unspecified atom stereocenters. The highest BCUT2D eigenvalue weighted by Crippen LogP contribution is 2.32. The lowest BCUT2D eigenvalue weighted by Crippen LogP contribution is -2.30. The minimum Gasteiger partial charge on any atom is -0.326 e. The molecule has 2 N–H and O–H groups in total. The summed E-state index contributed by atoms with van der Waals surface area (Å²) in [6, 6.07) is 2.50. The van der Waals surface area contributed by atoms with Crippen molar-refractivity contribution < 1.29 is 0 Å². The van der Waals surface area contributed by atoms with Crippen LogP contribution in [0.4, 0.5) is 0 Å². The molecule has 17 heavy (non-hydrogen) atoms. The van der Waals surface area contributed by atoms with Crippen molar-refractivity contribution in [2.24, 2.45) is 5.73 Å². The third-order valence-electron chi connectivity index (χ3n) is 4.27. The molecule has 3 nitrogen and oxygen atoms in total. The Morgan fingerprint density at radius 3 is 2.71 bits per heavy atom. The topological polar surface area (TPSA) is 48.0 Å². The zero-order chi connectivity index (χ0) is 11.8. The third kappa shape index (κ3) is 1.73. The smallest absolute Gasteiger partial charge is 0.255 e. The summed E-state index contributed by atoms with van der Waals surface area (Å²) in [6.45, 7) is 0.374. The van der Waals surface area contributed by atoms with Crippen LogP contribution in [0.25, 0.3) is 0 Å². The van der Waals surface area contributed by atoms with Gasteiger partial charge < -0.3 is 10.3 Å². The van der Waals surface area contributed by atoms with Crippen molar-refractivity contribution in [3.05, 3.63) is 33.2 Å². The molecule has 0 radical (unpaired) electrons. The summed E-state index contributed by atoms with van der Waals surface area (Å²) in [4.78, 5) is 12.4. The molecule has 1 saturated carbocycles. The van der Waals surface area contributed by atoms with Crippen molar-refractivity contribution in [2.45, 2.75) is 57.5 Å². The van der Waals surface area contributed by atoms with E-state index in [2.05, 4.69) is 10.6 Å². The van der Waals surface area contributed by atoms with E-state index in [0.717, 1.165) is 18.4 Å². The van der Waals surface area contributed by atoms with Gasteiger partial charge in [0.1, 0.15) is 0 Å². The molecule has 3 rings (SSSR count). The maximum atomic E-state index is 12.4. The molecule has 0 aliphatic heterocycles. The van der Waals surface area contributed by atoms with Gasteiger partial charge in [-0.1, -0.05) is 12.8 Å². The van der Waals surface area contributed by atoms with Crippen LogP contribution in [0, 0.1) is 0 Å². The molecule has 2 aliphatic rings. The molecule has 2 aliphatic carbocycles. The standard InChI is InChI=1S/C14H20N2O/c15-9-11-8-10-4-3-7-13(10)16(14(11)17)12-5-1-2-6-12/h8,12H,1-7,9,15H2. The van der Waals surface area contributed by atoms with E-state index in [1.54, 1.807) is 0 Å². The van der Waals surface area contributed by atoms with Crippen molar-refractivity contribution >= 4 is 0 Å². The van der Waals surface area contributed by atoms with Gasteiger partial charge in [-0.2, -0.15) is 0 Å². The summed E-state index contributed by atoms with van der Waals surface area (Å²) in [5.74, 6) is 0. The van der Waals surface area contributed by atoms with Gasteiger partial charge in [-0.05, 0) is 43.7 Å². The Hall–Kier alpha value is -1.09. The lowest BCUT2D eigenvalue weighted by molar-refractivity contribution is 0.482. The van der Waals surface area contributed by atoms with Gasteiger partial charge in [0.15, 0.2) is 0 Å². The average Bonchev–Trinajstić information content (AvgIpc) is 2.97. The van der Waals surface area contributed by atoms with Gasteiger partial charge in [-0.3, -0.25) is 4.79 Å². The number of rotatable bonds is 2. The first kappa shape index (κ1) is 11.0. The van der Waals surface area contributed by atoms with E-state index < -0.39 is 0 Å². The summed E-state index contributed by atoms with van der Waals surface area (Å²) < 4.78 is 2.09. The first-order valence-corrected chi connectivity index (χ1v) is 6.77. The highest BCUT2D eigenvalue weighted by Gasteiger charge is 2.25. The van der Waals surface area contributed by atoms with Gasteiger partial charge in [0.25, 0.3) is 5.56 Å². The first-order valence-electron chi connectivity index (χ1n) is 6.77. The Morgan fingerprint density at radius 1 is 1.24 bits per heavy atom. The molecule has 0 spiro atoms. The van der Waals surface area contributed by atoms with Crippen LogP contribution in [-0.4, -0.2) is 4.57 Å². The van der Waals surface area contributed by atoms with E-state index in [1.165, 1.54) is 43.4 Å². The number of hydrogen-bond acceptors (Lipinski definition) is 2. The second-order valence-electron chi connectivity index (χ2n) is 5.31. The maximum absolute atomic E-state index is 12.4. The molecule has 1 aromatic heterocycles. The minimum atomic E-state index is 0.181. The highest BCUT2D eigenvalue weighted by atomic mass is 16.1. The van der Waals surface area contributed by atoms with Crippen LogP contribution in [0.5, 0.6) is 0 Å². The van der Waals surface area contributed by atoms with Crippen molar-refractivity contribution in [1.82, 2.24) is 4.57 Å². The molecule has 0 atom stereocenters. The summed E-state index contributed by atoms with van der Waals surface area (Å²) in [7, 11) is 0. The molecule has 0 bridgehead atoms. The molecule has 1 aromatic rings. The quantitative estimate of drug-likeness (QED) is 0.846. The number of aromatic nitrogens is 1. The van der Waals surface area contributed by atoms with Gasteiger partial charge in [-0.15, -0.1) is 0 Å². The van der Waals surface area contributed by atoms with Gasteiger partial charge in [-0.25, -0.2) is 0 Å². The Morgan fingerprint density at radius 2 is 2.00 bits per heavy atom. The van der Waals surface area contributed by atoms with E-state index in [0.29, 0.717) is 12.6 Å². The molecule has 0 amide bonds. The molecule has 92 valence electrons. The van der Waals surface area contributed by atoms with Crippen LogP contribution in [0.1, 0.15) is 55.0 Å². The molecular weight excluding hydrogens is 212 g/mol. The number of hydrogen-bond donors (Lipinski definition) is 1. The Bertz CT molecular complexity index is 484. The first-order chi connectivity index (χ1) is 8.31. The zero-order valence-electron chi connectivity index (χ0n) is 10.2. The maximum Gasteiger partial charge on any atom is 0.255 e. The molecule has 0 aromatic carbocycles. The fourth-order valence-electron chi connectivity index (χ4n) is 3.43. The molecule has 1 heterocycles. The van der Waals surface area contributed by atoms with Crippen molar-refractivity contribution in [1.29, 1.82) is 0 Å². The molecular formula is C14H20N2O. The lowest BCUT2D eigenvalue weighted by Gasteiger charge is -2.20. The van der Waals surface area contributed by atoms with Crippen LogP contribution >= 0.6 is 0 Å². The van der Waals surface area contributed by atoms with E-state index in [9.17, 15) is 4.79 Å². The van der Waals surface area contributed by atoms with E-state index in [4.69, 9.17) is 5.73 Å². The summed E-state index contributed by atoms with van der Waals surface area (Å²) in [5, 5.41) is 0. The second-order valence-corrected chi connectivity index (χ2v) is 5.31. The summed E-state index contributed by atoms with van der Waals surface area (Å²) in [5.41, 5.74) is 9.36. The van der Waals surface area contributed by atoms with Gasteiger partial charge in [0.2, 0.25) is 0 Å². The molecule has 1 fully saturated rings. The third-order valence-corrected chi connectivity index (χ3v) is 4.27. The Balaban J connectivity index is 2.17.